The number of hydrogen-bond acceptors (Lipinski definition) is 3. The Kier molecular flexibility index (Phi) is 3.88. The SMILES string of the molecule is CCC1(C)C(N)CC1OCC1CCCCO1. The average molecular weight is 227 g/mol. The lowest BCUT2D eigenvalue weighted by Crippen LogP contribution is -2.60. The van der Waals surface area contributed by atoms with Crippen LogP contribution in [0.4, 0.5) is 0 Å². The summed E-state index contributed by atoms with van der Waals surface area (Å²) in [5.41, 5.74) is 6.24. The van der Waals surface area contributed by atoms with Crippen LogP contribution in [-0.4, -0.2) is 31.5 Å². The van der Waals surface area contributed by atoms with Gasteiger partial charge in [0.1, 0.15) is 0 Å². The van der Waals surface area contributed by atoms with Gasteiger partial charge in [0.2, 0.25) is 0 Å². The van der Waals surface area contributed by atoms with Gasteiger partial charge in [0.15, 0.2) is 0 Å². The van der Waals surface area contributed by atoms with E-state index in [4.69, 9.17) is 15.2 Å². The maximum Gasteiger partial charge on any atom is 0.0808 e. The highest BCUT2D eigenvalue weighted by molar-refractivity contribution is 5.03. The first-order chi connectivity index (χ1) is 7.66. The van der Waals surface area contributed by atoms with Gasteiger partial charge in [-0.05, 0) is 32.1 Å². The highest BCUT2D eigenvalue weighted by Gasteiger charge is 2.49. The minimum Gasteiger partial charge on any atom is -0.376 e. The molecular weight excluding hydrogens is 202 g/mol. The lowest BCUT2D eigenvalue weighted by molar-refractivity contribution is -0.148. The van der Waals surface area contributed by atoms with Gasteiger partial charge < -0.3 is 15.2 Å². The van der Waals surface area contributed by atoms with Crippen LogP contribution in [0.2, 0.25) is 0 Å². The first-order valence-electron chi connectivity index (χ1n) is 6.65. The van der Waals surface area contributed by atoms with Gasteiger partial charge in [0.05, 0.1) is 18.8 Å². The molecule has 0 radical (unpaired) electrons. The van der Waals surface area contributed by atoms with E-state index in [9.17, 15) is 0 Å². The summed E-state index contributed by atoms with van der Waals surface area (Å²) in [6.07, 6.45) is 6.42. The van der Waals surface area contributed by atoms with Crippen LogP contribution in [0.15, 0.2) is 0 Å². The quantitative estimate of drug-likeness (QED) is 0.800. The van der Waals surface area contributed by atoms with Crippen molar-refractivity contribution in [3.63, 3.8) is 0 Å². The molecule has 0 aromatic rings. The van der Waals surface area contributed by atoms with E-state index in [2.05, 4.69) is 13.8 Å². The third-order valence-electron chi connectivity index (χ3n) is 4.57. The zero-order valence-electron chi connectivity index (χ0n) is 10.6. The molecule has 1 saturated carbocycles. The van der Waals surface area contributed by atoms with Gasteiger partial charge in [-0.1, -0.05) is 13.8 Å². The van der Waals surface area contributed by atoms with Crippen LogP contribution in [-0.2, 0) is 9.47 Å². The Balaban J connectivity index is 1.74. The first-order valence-corrected chi connectivity index (χ1v) is 6.65. The highest BCUT2D eigenvalue weighted by atomic mass is 16.5. The van der Waals surface area contributed by atoms with E-state index in [1.807, 2.05) is 0 Å². The van der Waals surface area contributed by atoms with Gasteiger partial charge in [0.25, 0.3) is 0 Å². The van der Waals surface area contributed by atoms with Crippen LogP contribution >= 0.6 is 0 Å². The summed E-state index contributed by atoms with van der Waals surface area (Å²) in [5.74, 6) is 0. The van der Waals surface area contributed by atoms with E-state index in [0.29, 0.717) is 18.2 Å². The van der Waals surface area contributed by atoms with Crippen molar-refractivity contribution in [1.29, 1.82) is 0 Å². The van der Waals surface area contributed by atoms with Crippen LogP contribution in [0.1, 0.15) is 46.0 Å². The van der Waals surface area contributed by atoms with Crippen LogP contribution < -0.4 is 5.73 Å². The number of rotatable bonds is 4. The minimum absolute atomic E-state index is 0.189. The fourth-order valence-electron chi connectivity index (χ4n) is 2.76. The van der Waals surface area contributed by atoms with Crippen molar-refractivity contribution in [3.05, 3.63) is 0 Å². The zero-order chi connectivity index (χ0) is 11.6. The second-order valence-electron chi connectivity index (χ2n) is 5.51. The van der Waals surface area contributed by atoms with E-state index in [1.54, 1.807) is 0 Å². The molecule has 2 aliphatic rings. The molecule has 2 rings (SSSR count). The molecule has 4 atom stereocenters. The molecule has 1 saturated heterocycles. The summed E-state index contributed by atoms with van der Waals surface area (Å²) < 4.78 is 11.7. The Hall–Kier alpha value is -0.120. The maximum absolute atomic E-state index is 6.06. The Labute approximate surface area is 98.7 Å². The highest BCUT2D eigenvalue weighted by Crippen LogP contribution is 2.44. The third-order valence-corrected chi connectivity index (χ3v) is 4.57. The largest absolute Gasteiger partial charge is 0.376 e. The maximum atomic E-state index is 6.06. The van der Waals surface area contributed by atoms with E-state index in [0.717, 1.165) is 32.5 Å². The van der Waals surface area contributed by atoms with Crippen LogP contribution in [0.25, 0.3) is 0 Å². The molecule has 16 heavy (non-hydrogen) atoms. The summed E-state index contributed by atoms with van der Waals surface area (Å²) in [6, 6.07) is 0.315. The number of ether oxygens (including phenoxy) is 2. The van der Waals surface area contributed by atoms with E-state index >= 15 is 0 Å². The summed E-state index contributed by atoms with van der Waals surface area (Å²) in [7, 11) is 0. The van der Waals surface area contributed by atoms with Crippen molar-refractivity contribution < 1.29 is 9.47 Å². The van der Waals surface area contributed by atoms with Gasteiger partial charge >= 0.3 is 0 Å². The van der Waals surface area contributed by atoms with Gasteiger partial charge in [-0.3, -0.25) is 0 Å². The molecule has 2 fully saturated rings. The Morgan fingerprint density at radius 3 is 2.81 bits per heavy atom. The average Bonchev–Trinajstić information content (AvgIpc) is 2.34. The molecule has 0 spiro atoms. The molecule has 3 heteroatoms. The molecular formula is C13H25NO2. The molecule has 4 unspecified atom stereocenters. The molecule has 1 aliphatic heterocycles. The summed E-state index contributed by atoms with van der Waals surface area (Å²) in [4.78, 5) is 0. The van der Waals surface area contributed by atoms with Crippen molar-refractivity contribution in [2.45, 2.75) is 64.2 Å². The molecule has 94 valence electrons. The zero-order valence-corrected chi connectivity index (χ0v) is 10.6. The van der Waals surface area contributed by atoms with Gasteiger partial charge in [-0.15, -0.1) is 0 Å². The standard InChI is InChI=1S/C13H25NO2/c1-3-13(2)11(14)8-12(13)16-9-10-6-4-5-7-15-10/h10-12H,3-9,14H2,1-2H3. The molecule has 1 aliphatic carbocycles. The molecule has 0 bridgehead atoms. The van der Waals surface area contributed by atoms with E-state index in [1.165, 1.54) is 12.8 Å². The predicted molar refractivity (Wildman–Crippen MR) is 64.3 cm³/mol. The van der Waals surface area contributed by atoms with E-state index in [-0.39, 0.29) is 5.41 Å². The van der Waals surface area contributed by atoms with Gasteiger partial charge in [-0.2, -0.15) is 0 Å². The molecule has 0 aromatic heterocycles. The van der Waals surface area contributed by atoms with Gasteiger partial charge in [0, 0.05) is 18.1 Å². The smallest absolute Gasteiger partial charge is 0.0808 e. The summed E-state index contributed by atoms with van der Waals surface area (Å²) in [6.45, 7) is 6.11. The van der Waals surface area contributed by atoms with Crippen molar-refractivity contribution in [2.75, 3.05) is 13.2 Å². The molecule has 3 nitrogen and oxygen atoms in total. The van der Waals surface area contributed by atoms with Gasteiger partial charge in [-0.25, -0.2) is 0 Å². The second-order valence-corrected chi connectivity index (χ2v) is 5.51. The normalized spacial score (nSPS) is 44.1. The monoisotopic (exact) mass is 227 g/mol. The minimum atomic E-state index is 0.189. The molecule has 2 N–H and O–H groups in total. The Morgan fingerprint density at radius 2 is 2.25 bits per heavy atom. The second kappa shape index (κ2) is 5.03. The van der Waals surface area contributed by atoms with Crippen LogP contribution in [0.5, 0.6) is 0 Å². The van der Waals surface area contributed by atoms with Crippen molar-refractivity contribution >= 4 is 0 Å². The van der Waals surface area contributed by atoms with E-state index < -0.39 is 0 Å². The summed E-state index contributed by atoms with van der Waals surface area (Å²) in [5, 5.41) is 0. The van der Waals surface area contributed by atoms with Crippen molar-refractivity contribution in [1.82, 2.24) is 0 Å². The van der Waals surface area contributed by atoms with Crippen LogP contribution in [0.3, 0.4) is 0 Å². The molecule has 0 aromatic carbocycles. The Morgan fingerprint density at radius 1 is 1.44 bits per heavy atom. The fourth-order valence-corrected chi connectivity index (χ4v) is 2.76. The lowest BCUT2D eigenvalue weighted by atomic mass is 9.62. The fraction of sp³-hybridized carbons (Fsp3) is 1.00. The number of hydrogen-bond donors (Lipinski definition) is 1. The first kappa shape index (κ1) is 12.3. The number of nitrogens with two attached hydrogens (primary N) is 1. The Bertz CT molecular complexity index is 228. The summed E-state index contributed by atoms with van der Waals surface area (Å²) >= 11 is 0. The molecule has 1 heterocycles. The molecule has 0 amide bonds. The third kappa shape index (κ3) is 2.27. The topological polar surface area (TPSA) is 44.5 Å². The predicted octanol–water partition coefficient (Wildman–Crippen LogP) is 2.09. The lowest BCUT2D eigenvalue weighted by Gasteiger charge is -2.52. The van der Waals surface area contributed by atoms with Crippen LogP contribution in [0, 0.1) is 5.41 Å². The van der Waals surface area contributed by atoms with Crippen molar-refractivity contribution in [3.8, 4) is 0 Å². The van der Waals surface area contributed by atoms with Crippen molar-refractivity contribution in [2.24, 2.45) is 11.1 Å².